The Labute approximate surface area is 161 Å². The molecule has 1 aromatic carbocycles. The first-order valence-electron chi connectivity index (χ1n) is 9.94. The van der Waals surface area contributed by atoms with Crippen molar-refractivity contribution in [3.05, 3.63) is 47.4 Å². The number of benzene rings is 1. The maximum Gasteiger partial charge on any atom is 0.252 e. The molecule has 5 N–H and O–H groups in total. The van der Waals surface area contributed by atoms with Gasteiger partial charge in [-0.25, -0.2) is 0 Å². The van der Waals surface area contributed by atoms with Gasteiger partial charge in [-0.1, -0.05) is 24.3 Å². The Bertz CT molecular complexity index is 720. The molecule has 0 radical (unpaired) electrons. The topological polar surface area (TPSA) is 90.9 Å². The molecular weight excluding hydrogens is 340 g/mol. The quantitative estimate of drug-likeness (QED) is 0.690. The fourth-order valence-corrected chi connectivity index (χ4v) is 4.33. The number of carbonyl (C=O) groups is 1. The molecule has 1 aromatic rings. The van der Waals surface area contributed by atoms with Gasteiger partial charge in [-0.3, -0.25) is 9.69 Å². The molecule has 2 atom stereocenters. The van der Waals surface area contributed by atoms with E-state index in [2.05, 4.69) is 27.4 Å². The number of nitrogens with zero attached hydrogens (tertiary/aromatic N) is 3. The summed E-state index contributed by atoms with van der Waals surface area (Å²) in [5.74, 6) is 1.14. The largest absolute Gasteiger partial charge is 0.360 e. The lowest BCUT2D eigenvalue weighted by Crippen LogP contribution is -2.61. The highest BCUT2D eigenvalue weighted by molar-refractivity contribution is 5.85. The molecule has 2 fully saturated rings. The molecule has 7 heteroatoms. The Morgan fingerprint density at radius 2 is 2.00 bits per heavy atom. The summed E-state index contributed by atoms with van der Waals surface area (Å²) in [6.07, 6.45) is 4.28. The number of amides is 1. The molecule has 3 aliphatic rings. The molecule has 3 heterocycles. The summed E-state index contributed by atoms with van der Waals surface area (Å²) in [5, 5.41) is 3.35. The van der Waals surface area contributed by atoms with E-state index in [1.807, 2.05) is 23.1 Å². The van der Waals surface area contributed by atoms with Crippen LogP contribution in [0.2, 0.25) is 0 Å². The number of hydrogen-bond donors (Lipinski definition) is 3. The van der Waals surface area contributed by atoms with Crippen LogP contribution in [0.4, 0.5) is 0 Å². The number of carbonyl (C=O) groups excluding carboxylic acids is 1. The van der Waals surface area contributed by atoms with Crippen LogP contribution in [-0.4, -0.2) is 65.4 Å². The maximum atomic E-state index is 13.4. The minimum absolute atomic E-state index is 0.133. The van der Waals surface area contributed by atoms with E-state index in [-0.39, 0.29) is 18.0 Å². The summed E-state index contributed by atoms with van der Waals surface area (Å²) in [7, 11) is 0. The summed E-state index contributed by atoms with van der Waals surface area (Å²) in [6.45, 7) is 5.22. The average molecular weight is 371 g/mol. The third-order valence-corrected chi connectivity index (χ3v) is 5.84. The second kappa shape index (κ2) is 7.88. The minimum Gasteiger partial charge on any atom is -0.360 e. The molecule has 0 spiro atoms. The lowest BCUT2D eigenvalue weighted by molar-refractivity contribution is -0.138. The first-order valence-corrected chi connectivity index (χ1v) is 9.94. The number of piperazine rings is 1. The Morgan fingerprint density at radius 3 is 2.78 bits per heavy atom. The van der Waals surface area contributed by atoms with Gasteiger partial charge in [-0.2, -0.15) is 0 Å². The molecule has 146 valence electrons. The summed E-state index contributed by atoms with van der Waals surface area (Å²) < 4.78 is 0. The molecule has 0 aliphatic carbocycles. The van der Waals surface area contributed by atoms with Crippen molar-refractivity contribution in [2.24, 2.45) is 11.5 Å². The molecule has 27 heavy (non-hydrogen) atoms. The van der Waals surface area contributed by atoms with Gasteiger partial charge >= 0.3 is 0 Å². The number of fused-ring (bicyclic) bond motifs is 1. The van der Waals surface area contributed by atoms with Gasteiger partial charge in [0.15, 0.2) is 0 Å². The van der Waals surface area contributed by atoms with Gasteiger partial charge in [0.2, 0.25) is 0 Å². The lowest BCUT2D eigenvalue weighted by atomic mass is 10.0. The SMILES string of the molecule is NCc1ccccc1CN1C(=O)C2CNCCN2C=C1N1CCCC(N)C1. The molecule has 3 aliphatic heterocycles. The summed E-state index contributed by atoms with van der Waals surface area (Å²) in [4.78, 5) is 19.8. The van der Waals surface area contributed by atoms with E-state index in [1.54, 1.807) is 0 Å². The number of rotatable bonds is 4. The van der Waals surface area contributed by atoms with Crippen LogP contribution < -0.4 is 16.8 Å². The smallest absolute Gasteiger partial charge is 0.252 e. The van der Waals surface area contributed by atoms with Gasteiger partial charge in [0.05, 0.1) is 6.54 Å². The van der Waals surface area contributed by atoms with Crippen molar-refractivity contribution < 1.29 is 4.79 Å². The number of likely N-dealkylation sites (tertiary alicyclic amines) is 1. The van der Waals surface area contributed by atoms with Crippen LogP contribution in [0.15, 0.2) is 36.3 Å². The molecule has 4 rings (SSSR count). The zero-order chi connectivity index (χ0) is 18.8. The normalized spacial score (nSPS) is 26.1. The fraction of sp³-hybridized carbons (Fsp3) is 0.550. The van der Waals surface area contributed by atoms with Crippen LogP contribution in [0.25, 0.3) is 0 Å². The van der Waals surface area contributed by atoms with E-state index in [0.717, 1.165) is 56.0 Å². The van der Waals surface area contributed by atoms with Crippen LogP contribution in [0.5, 0.6) is 0 Å². The van der Waals surface area contributed by atoms with Gasteiger partial charge in [-0.05, 0) is 24.0 Å². The molecule has 0 aromatic heterocycles. The lowest BCUT2D eigenvalue weighted by Gasteiger charge is -2.47. The average Bonchev–Trinajstić information content (AvgIpc) is 2.70. The van der Waals surface area contributed by atoms with Crippen molar-refractivity contribution in [2.75, 3.05) is 32.7 Å². The van der Waals surface area contributed by atoms with Gasteiger partial charge in [0.25, 0.3) is 5.91 Å². The van der Waals surface area contributed by atoms with Crippen molar-refractivity contribution in [1.29, 1.82) is 0 Å². The third-order valence-electron chi connectivity index (χ3n) is 5.84. The molecule has 0 saturated carbocycles. The molecule has 2 saturated heterocycles. The minimum atomic E-state index is -0.133. The van der Waals surface area contributed by atoms with E-state index in [0.29, 0.717) is 19.6 Å². The van der Waals surface area contributed by atoms with Crippen molar-refractivity contribution in [2.45, 2.75) is 38.0 Å². The molecule has 2 unspecified atom stereocenters. The number of nitrogens with two attached hydrogens (primary N) is 2. The predicted molar refractivity (Wildman–Crippen MR) is 105 cm³/mol. The molecular formula is C20H30N6O. The van der Waals surface area contributed by atoms with Gasteiger partial charge in [0, 0.05) is 51.5 Å². The summed E-state index contributed by atoms with van der Waals surface area (Å²) in [6, 6.07) is 8.15. The van der Waals surface area contributed by atoms with Crippen LogP contribution in [-0.2, 0) is 17.9 Å². The second-order valence-electron chi connectivity index (χ2n) is 7.69. The van der Waals surface area contributed by atoms with Crippen molar-refractivity contribution >= 4 is 5.91 Å². The maximum absolute atomic E-state index is 13.4. The fourth-order valence-electron chi connectivity index (χ4n) is 4.33. The number of nitrogens with one attached hydrogen (secondary N) is 1. The van der Waals surface area contributed by atoms with Crippen molar-refractivity contribution in [3.8, 4) is 0 Å². The summed E-state index contributed by atoms with van der Waals surface area (Å²) in [5.41, 5.74) is 14.4. The van der Waals surface area contributed by atoms with E-state index in [9.17, 15) is 4.79 Å². The van der Waals surface area contributed by atoms with Crippen LogP contribution in [0, 0.1) is 0 Å². The number of hydrogen-bond acceptors (Lipinski definition) is 6. The highest BCUT2D eigenvalue weighted by Crippen LogP contribution is 2.27. The molecule has 7 nitrogen and oxygen atoms in total. The van der Waals surface area contributed by atoms with E-state index >= 15 is 0 Å². The first kappa shape index (κ1) is 18.3. The Balaban J connectivity index is 1.67. The van der Waals surface area contributed by atoms with E-state index < -0.39 is 0 Å². The standard InChI is InChI=1S/C20H30N6O/c21-10-15-4-1-2-5-16(15)12-26-19(25-8-3-6-17(22)13-25)14-24-9-7-23-11-18(24)20(26)27/h1-2,4-5,14,17-18,23H,3,6-13,21-22H2. The molecule has 0 bridgehead atoms. The van der Waals surface area contributed by atoms with Crippen molar-refractivity contribution in [3.63, 3.8) is 0 Å². The monoisotopic (exact) mass is 370 g/mol. The van der Waals surface area contributed by atoms with Crippen LogP contribution in [0.1, 0.15) is 24.0 Å². The second-order valence-corrected chi connectivity index (χ2v) is 7.69. The van der Waals surface area contributed by atoms with Crippen molar-refractivity contribution in [1.82, 2.24) is 20.0 Å². The number of piperidine rings is 1. The summed E-state index contributed by atoms with van der Waals surface area (Å²) >= 11 is 0. The first-order chi connectivity index (χ1) is 13.2. The Morgan fingerprint density at radius 1 is 1.19 bits per heavy atom. The van der Waals surface area contributed by atoms with Crippen LogP contribution >= 0.6 is 0 Å². The van der Waals surface area contributed by atoms with Gasteiger partial charge in [-0.15, -0.1) is 0 Å². The van der Waals surface area contributed by atoms with Gasteiger partial charge < -0.3 is 26.6 Å². The molecule has 1 amide bonds. The van der Waals surface area contributed by atoms with E-state index in [4.69, 9.17) is 11.5 Å². The highest BCUT2D eigenvalue weighted by Gasteiger charge is 2.39. The van der Waals surface area contributed by atoms with E-state index in [1.165, 1.54) is 0 Å². The van der Waals surface area contributed by atoms with Crippen LogP contribution in [0.3, 0.4) is 0 Å². The Kier molecular flexibility index (Phi) is 5.33. The van der Waals surface area contributed by atoms with Gasteiger partial charge in [0.1, 0.15) is 11.9 Å². The zero-order valence-corrected chi connectivity index (χ0v) is 15.8. The zero-order valence-electron chi connectivity index (χ0n) is 15.8. The third kappa shape index (κ3) is 3.67. The predicted octanol–water partition coefficient (Wildman–Crippen LogP) is -0.0167. The Hall–Kier alpha value is -2.09. The highest BCUT2D eigenvalue weighted by atomic mass is 16.2.